The van der Waals surface area contributed by atoms with Crippen LogP contribution in [0.1, 0.15) is 29.7 Å². The number of amides is 1. The van der Waals surface area contributed by atoms with Crippen LogP contribution in [0.2, 0.25) is 0 Å². The zero-order valence-electron chi connectivity index (χ0n) is 15.3. The Morgan fingerprint density at radius 3 is 2.65 bits per heavy atom. The van der Waals surface area contributed by atoms with Crippen LogP contribution in [0.4, 0.5) is 0 Å². The highest BCUT2D eigenvalue weighted by atomic mass is 16.5. The Labute approximate surface area is 153 Å². The molecule has 1 amide bonds. The predicted molar refractivity (Wildman–Crippen MR) is 102 cm³/mol. The zero-order valence-corrected chi connectivity index (χ0v) is 15.3. The molecule has 5 heteroatoms. The Balaban J connectivity index is 1.56. The average molecular weight is 349 g/mol. The van der Waals surface area contributed by atoms with Crippen LogP contribution >= 0.6 is 0 Å². The van der Waals surface area contributed by atoms with Crippen LogP contribution in [0.25, 0.3) is 5.69 Å². The lowest BCUT2D eigenvalue weighted by atomic mass is 10.1. The fourth-order valence-electron chi connectivity index (χ4n) is 2.74. The van der Waals surface area contributed by atoms with Crippen LogP contribution in [-0.2, 0) is 4.79 Å². The van der Waals surface area contributed by atoms with Crippen molar-refractivity contribution in [3.05, 3.63) is 77.9 Å². The van der Waals surface area contributed by atoms with E-state index in [1.54, 1.807) is 12.5 Å². The highest BCUT2D eigenvalue weighted by Gasteiger charge is 2.11. The van der Waals surface area contributed by atoms with Gasteiger partial charge >= 0.3 is 0 Å². The summed E-state index contributed by atoms with van der Waals surface area (Å²) < 4.78 is 7.60. The van der Waals surface area contributed by atoms with Gasteiger partial charge in [0, 0.05) is 18.1 Å². The third-order valence-corrected chi connectivity index (χ3v) is 4.49. The van der Waals surface area contributed by atoms with Crippen molar-refractivity contribution in [2.24, 2.45) is 0 Å². The molecule has 0 aliphatic heterocycles. The van der Waals surface area contributed by atoms with Crippen LogP contribution in [0.15, 0.2) is 61.2 Å². The van der Waals surface area contributed by atoms with Gasteiger partial charge in [-0.2, -0.15) is 0 Å². The van der Waals surface area contributed by atoms with Crippen molar-refractivity contribution in [2.45, 2.75) is 26.8 Å². The number of imidazole rings is 1. The number of nitrogens with one attached hydrogen (secondary N) is 1. The molecule has 26 heavy (non-hydrogen) atoms. The molecule has 3 rings (SSSR count). The number of ether oxygens (including phenoxy) is 1. The van der Waals surface area contributed by atoms with Gasteiger partial charge in [0.1, 0.15) is 5.75 Å². The van der Waals surface area contributed by atoms with Gasteiger partial charge in [-0.1, -0.05) is 24.3 Å². The molecule has 0 spiro atoms. The van der Waals surface area contributed by atoms with Crippen molar-refractivity contribution < 1.29 is 9.53 Å². The Morgan fingerprint density at radius 2 is 1.96 bits per heavy atom. The van der Waals surface area contributed by atoms with Gasteiger partial charge in [0.2, 0.25) is 0 Å². The second kappa shape index (κ2) is 7.87. The number of rotatable bonds is 6. The minimum Gasteiger partial charge on any atom is -0.483 e. The molecule has 1 unspecified atom stereocenters. The van der Waals surface area contributed by atoms with E-state index in [9.17, 15) is 4.79 Å². The molecule has 0 saturated heterocycles. The van der Waals surface area contributed by atoms with Gasteiger partial charge in [0.05, 0.1) is 12.4 Å². The van der Waals surface area contributed by atoms with Crippen molar-refractivity contribution in [1.29, 1.82) is 0 Å². The number of nitrogens with zero attached hydrogens (tertiary/aromatic N) is 2. The molecule has 0 fully saturated rings. The van der Waals surface area contributed by atoms with Crippen LogP contribution in [0.3, 0.4) is 0 Å². The maximum atomic E-state index is 12.2. The highest BCUT2D eigenvalue weighted by molar-refractivity contribution is 5.78. The molecule has 1 aromatic heterocycles. The summed E-state index contributed by atoms with van der Waals surface area (Å²) in [6.45, 7) is 5.98. The maximum Gasteiger partial charge on any atom is 0.258 e. The summed E-state index contributed by atoms with van der Waals surface area (Å²) in [5.74, 6) is 0.606. The fraction of sp³-hybridized carbons (Fsp3) is 0.238. The van der Waals surface area contributed by atoms with Crippen molar-refractivity contribution in [3.63, 3.8) is 0 Å². The third-order valence-electron chi connectivity index (χ3n) is 4.49. The Kier molecular flexibility index (Phi) is 5.37. The van der Waals surface area contributed by atoms with Crippen LogP contribution in [-0.4, -0.2) is 22.1 Å². The molecule has 3 aromatic rings. The molecule has 1 heterocycles. The van der Waals surface area contributed by atoms with E-state index in [1.165, 1.54) is 0 Å². The van der Waals surface area contributed by atoms with E-state index in [4.69, 9.17) is 4.74 Å². The quantitative estimate of drug-likeness (QED) is 0.737. The molecule has 0 saturated carbocycles. The molecule has 134 valence electrons. The predicted octanol–water partition coefficient (Wildman–Crippen LogP) is 3.75. The maximum absolute atomic E-state index is 12.2. The van der Waals surface area contributed by atoms with Gasteiger partial charge in [-0.25, -0.2) is 4.98 Å². The van der Waals surface area contributed by atoms with Gasteiger partial charge < -0.3 is 14.6 Å². The van der Waals surface area contributed by atoms with Crippen molar-refractivity contribution in [1.82, 2.24) is 14.9 Å². The van der Waals surface area contributed by atoms with E-state index in [-0.39, 0.29) is 18.6 Å². The number of aromatic nitrogens is 2. The molecule has 1 atom stereocenters. The average Bonchev–Trinajstić information content (AvgIpc) is 3.18. The van der Waals surface area contributed by atoms with Gasteiger partial charge in [0.25, 0.3) is 5.91 Å². The zero-order chi connectivity index (χ0) is 18.5. The largest absolute Gasteiger partial charge is 0.483 e. The van der Waals surface area contributed by atoms with E-state index >= 15 is 0 Å². The minimum atomic E-state index is -0.142. The first-order valence-corrected chi connectivity index (χ1v) is 8.61. The molecule has 0 aliphatic carbocycles. The van der Waals surface area contributed by atoms with Gasteiger partial charge in [0.15, 0.2) is 6.61 Å². The summed E-state index contributed by atoms with van der Waals surface area (Å²) >= 11 is 0. The first-order chi connectivity index (χ1) is 12.5. The number of benzene rings is 2. The van der Waals surface area contributed by atoms with E-state index in [2.05, 4.69) is 10.3 Å². The van der Waals surface area contributed by atoms with E-state index in [0.717, 1.165) is 28.1 Å². The molecule has 0 radical (unpaired) electrons. The van der Waals surface area contributed by atoms with Crippen LogP contribution in [0, 0.1) is 13.8 Å². The summed E-state index contributed by atoms with van der Waals surface area (Å²) in [5.41, 5.74) is 4.27. The van der Waals surface area contributed by atoms with E-state index in [0.29, 0.717) is 0 Å². The molecular formula is C21H23N3O2. The molecule has 1 N–H and O–H groups in total. The van der Waals surface area contributed by atoms with Crippen LogP contribution in [0.5, 0.6) is 5.75 Å². The van der Waals surface area contributed by atoms with Gasteiger partial charge in [-0.15, -0.1) is 0 Å². The first kappa shape index (κ1) is 17.7. The van der Waals surface area contributed by atoms with Crippen molar-refractivity contribution >= 4 is 5.91 Å². The summed E-state index contributed by atoms with van der Waals surface area (Å²) in [4.78, 5) is 16.2. The lowest BCUT2D eigenvalue weighted by Crippen LogP contribution is -2.31. The number of carbonyl (C=O) groups excluding carboxylic acids is 1. The Hall–Kier alpha value is -3.08. The van der Waals surface area contributed by atoms with Crippen molar-refractivity contribution in [2.75, 3.05) is 6.61 Å². The standard InChI is InChI=1S/C21H23N3O2/c1-15-5-4-6-20(16(15)2)26-13-21(25)23-17(3)18-7-9-19(10-8-18)24-12-11-22-14-24/h4-12,14,17H,13H2,1-3H3,(H,23,25). The monoisotopic (exact) mass is 349 g/mol. The SMILES string of the molecule is Cc1cccc(OCC(=O)NC(C)c2ccc(-n3ccnc3)cc2)c1C. The summed E-state index contributed by atoms with van der Waals surface area (Å²) in [7, 11) is 0. The lowest BCUT2D eigenvalue weighted by Gasteiger charge is -2.16. The van der Waals surface area contributed by atoms with Crippen LogP contribution < -0.4 is 10.1 Å². The third kappa shape index (κ3) is 4.11. The number of hydrogen-bond acceptors (Lipinski definition) is 3. The van der Waals surface area contributed by atoms with E-state index < -0.39 is 0 Å². The Morgan fingerprint density at radius 1 is 1.19 bits per heavy atom. The number of carbonyl (C=O) groups is 1. The highest BCUT2D eigenvalue weighted by Crippen LogP contribution is 2.20. The van der Waals surface area contributed by atoms with Crippen molar-refractivity contribution in [3.8, 4) is 11.4 Å². The molecular weight excluding hydrogens is 326 g/mol. The summed E-state index contributed by atoms with van der Waals surface area (Å²) in [5, 5.41) is 2.97. The molecule has 0 bridgehead atoms. The fourth-order valence-corrected chi connectivity index (χ4v) is 2.74. The van der Waals surface area contributed by atoms with E-state index in [1.807, 2.05) is 74.0 Å². The number of hydrogen-bond donors (Lipinski definition) is 1. The minimum absolute atomic E-state index is 0.00174. The molecule has 0 aliphatic rings. The smallest absolute Gasteiger partial charge is 0.258 e. The normalized spacial score (nSPS) is 11.8. The first-order valence-electron chi connectivity index (χ1n) is 8.61. The second-order valence-electron chi connectivity index (χ2n) is 6.34. The van der Waals surface area contributed by atoms with Gasteiger partial charge in [-0.3, -0.25) is 4.79 Å². The molecule has 2 aromatic carbocycles. The summed E-state index contributed by atoms with van der Waals surface area (Å²) in [6, 6.07) is 13.8. The second-order valence-corrected chi connectivity index (χ2v) is 6.34. The number of aryl methyl sites for hydroxylation is 1. The topological polar surface area (TPSA) is 56.1 Å². The summed E-state index contributed by atoms with van der Waals surface area (Å²) in [6.07, 6.45) is 5.39. The molecule has 5 nitrogen and oxygen atoms in total. The Bertz CT molecular complexity index is 871. The van der Waals surface area contributed by atoms with Gasteiger partial charge in [-0.05, 0) is 55.7 Å². The lowest BCUT2D eigenvalue weighted by molar-refractivity contribution is -0.123.